The summed E-state index contributed by atoms with van der Waals surface area (Å²) in [5, 5.41) is 6.08. The Kier molecular flexibility index (Phi) is 6.60. The molecule has 1 aromatic heterocycles. The summed E-state index contributed by atoms with van der Waals surface area (Å²) in [6.07, 6.45) is 1.86. The monoisotopic (exact) mass is 380 g/mol. The van der Waals surface area contributed by atoms with Gasteiger partial charge in [-0.25, -0.2) is 4.98 Å². The maximum atomic E-state index is 12.4. The number of nitrogens with one attached hydrogen (secondary N) is 1. The number of hydrogen-bond donors (Lipinski definition) is 1. The standard InChI is InChI=1S/C22H24N2O2S/c1-16(8-9-18-6-4-3-5-7-18)23-22(25)19-10-12-21(13-11-19)26-14-20-15-27-17(2)24-20/h3-7,10-13,15-16H,8-9,14H2,1-2H3,(H,23,25). The van der Waals surface area contributed by atoms with Crippen LogP contribution in [0.25, 0.3) is 0 Å². The molecule has 0 aliphatic carbocycles. The van der Waals surface area contributed by atoms with Crippen molar-refractivity contribution in [3.63, 3.8) is 0 Å². The second-order valence-corrected chi connectivity index (χ2v) is 7.63. The zero-order chi connectivity index (χ0) is 19.1. The van der Waals surface area contributed by atoms with Crippen LogP contribution in [0, 0.1) is 6.92 Å². The second kappa shape index (κ2) is 9.33. The van der Waals surface area contributed by atoms with Gasteiger partial charge in [0.2, 0.25) is 0 Å². The topological polar surface area (TPSA) is 51.2 Å². The molecule has 4 nitrogen and oxygen atoms in total. The molecular weight excluding hydrogens is 356 g/mol. The predicted octanol–water partition coefficient (Wildman–Crippen LogP) is 4.78. The van der Waals surface area contributed by atoms with E-state index in [2.05, 4.69) is 22.4 Å². The molecule has 0 saturated carbocycles. The molecular formula is C22H24N2O2S. The molecule has 3 aromatic rings. The molecule has 1 N–H and O–H groups in total. The van der Waals surface area contributed by atoms with E-state index in [0.29, 0.717) is 12.2 Å². The molecule has 1 amide bonds. The third-order valence-corrected chi connectivity index (χ3v) is 5.08. The van der Waals surface area contributed by atoms with Gasteiger partial charge in [0.05, 0.1) is 10.7 Å². The highest BCUT2D eigenvalue weighted by Crippen LogP contribution is 2.16. The van der Waals surface area contributed by atoms with E-state index in [4.69, 9.17) is 4.74 Å². The van der Waals surface area contributed by atoms with Gasteiger partial charge in [-0.15, -0.1) is 11.3 Å². The molecule has 0 aliphatic heterocycles. The lowest BCUT2D eigenvalue weighted by Crippen LogP contribution is -2.32. The molecule has 0 aliphatic rings. The fourth-order valence-corrected chi connectivity index (χ4v) is 3.34. The summed E-state index contributed by atoms with van der Waals surface area (Å²) in [6.45, 7) is 4.45. The van der Waals surface area contributed by atoms with Crippen LogP contribution in [0.1, 0.15) is 40.0 Å². The quantitative estimate of drug-likeness (QED) is 0.612. The van der Waals surface area contributed by atoms with Crippen LogP contribution in [-0.4, -0.2) is 16.9 Å². The molecule has 0 radical (unpaired) electrons. The molecule has 3 rings (SSSR count). The predicted molar refractivity (Wildman–Crippen MR) is 109 cm³/mol. The Bertz CT molecular complexity index is 860. The summed E-state index contributed by atoms with van der Waals surface area (Å²) in [6, 6.07) is 17.7. The largest absolute Gasteiger partial charge is 0.487 e. The van der Waals surface area contributed by atoms with Crippen molar-refractivity contribution in [3.05, 3.63) is 81.8 Å². The van der Waals surface area contributed by atoms with Gasteiger partial charge in [-0.2, -0.15) is 0 Å². The Hall–Kier alpha value is -2.66. The molecule has 27 heavy (non-hydrogen) atoms. The van der Waals surface area contributed by atoms with E-state index in [-0.39, 0.29) is 11.9 Å². The Morgan fingerprint density at radius 2 is 1.89 bits per heavy atom. The van der Waals surface area contributed by atoms with E-state index in [1.54, 1.807) is 23.5 Å². The molecule has 1 unspecified atom stereocenters. The van der Waals surface area contributed by atoms with E-state index >= 15 is 0 Å². The highest BCUT2D eigenvalue weighted by molar-refractivity contribution is 7.09. The third-order valence-electron chi connectivity index (χ3n) is 4.26. The Morgan fingerprint density at radius 3 is 2.56 bits per heavy atom. The van der Waals surface area contributed by atoms with Gasteiger partial charge >= 0.3 is 0 Å². The molecule has 140 valence electrons. The fourth-order valence-electron chi connectivity index (χ4n) is 2.74. The lowest BCUT2D eigenvalue weighted by molar-refractivity contribution is 0.0938. The molecule has 2 aromatic carbocycles. The summed E-state index contributed by atoms with van der Waals surface area (Å²) < 4.78 is 5.72. The van der Waals surface area contributed by atoms with Crippen molar-refractivity contribution in [2.75, 3.05) is 0 Å². The first-order valence-electron chi connectivity index (χ1n) is 9.09. The number of nitrogens with zero attached hydrogens (tertiary/aromatic N) is 1. The fraction of sp³-hybridized carbons (Fsp3) is 0.273. The van der Waals surface area contributed by atoms with Crippen molar-refractivity contribution in [1.29, 1.82) is 0 Å². The van der Waals surface area contributed by atoms with Gasteiger partial charge in [0.25, 0.3) is 5.91 Å². The minimum atomic E-state index is -0.0581. The number of thiazole rings is 1. The van der Waals surface area contributed by atoms with Crippen molar-refractivity contribution < 1.29 is 9.53 Å². The third kappa shape index (κ3) is 5.93. The van der Waals surface area contributed by atoms with Crippen LogP contribution < -0.4 is 10.1 Å². The molecule has 0 fully saturated rings. The Balaban J connectivity index is 1.46. The van der Waals surface area contributed by atoms with E-state index in [1.807, 2.05) is 49.6 Å². The van der Waals surface area contributed by atoms with Crippen molar-refractivity contribution in [2.45, 2.75) is 39.3 Å². The van der Waals surface area contributed by atoms with Crippen LogP contribution in [0.2, 0.25) is 0 Å². The number of carbonyl (C=O) groups excluding carboxylic acids is 1. The van der Waals surface area contributed by atoms with Crippen LogP contribution >= 0.6 is 11.3 Å². The normalized spacial score (nSPS) is 11.8. The molecule has 0 spiro atoms. The number of benzene rings is 2. The minimum absolute atomic E-state index is 0.0581. The maximum Gasteiger partial charge on any atom is 0.251 e. The first kappa shape index (κ1) is 19.1. The van der Waals surface area contributed by atoms with E-state index in [0.717, 1.165) is 29.3 Å². The average molecular weight is 381 g/mol. The number of aromatic nitrogens is 1. The van der Waals surface area contributed by atoms with E-state index < -0.39 is 0 Å². The molecule has 1 heterocycles. The van der Waals surface area contributed by atoms with Crippen molar-refractivity contribution in [2.24, 2.45) is 0 Å². The Morgan fingerprint density at radius 1 is 1.15 bits per heavy atom. The van der Waals surface area contributed by atoms with Crippen molar-refractivity contribution in [3.8, 4) is 5.75 Å². The maximum absolute atomic E-state index is 12.4. The second-order valence-electron chi connectivity index (χ2n) is 6.57. The summed E-state index contributed by atoms with van der Waals surface area (Å²) >= 11 is 1.61. The molecule has 0 saturated heterocycles. The van der Waals surface area contributed by atoms with Crippen LogP contribution in [0.4, 0.5) is 0 Å². The van der Waals surface area contributed by atoms with Gasteiger partial charge in [-0.3, -0.25) is 4.79 Å². The summed E-state index contributed by atoms with van der Waals surface area (Å²) in [5.74, 6) is 0.673. The first-order valence-corrected chi connectivity index (χ1v) is 9.97. The van der Waals surface area contributed by atoms with Crippen LogP contribution in [0.15, 0.2) is 60.0 Å². The van der Waals surface area contributed by atoms with Gasteiger partial charge < -0.3 is 10.1 Å². The smallest absolute Gasteiger partial charge is 0.251 e. The van der Waals surface area contributed by atoms with Crippen molar-refractivity contribution >= 4 is 17.2 Å². The van der Waals surface area contributed by atoms with Gasteiger partial charge in [-0.1, -0.05) is 30.3 Å². The van der Waals surface area contributed by atoms with Crippen LogP contribution in [-0.2, 0) is 13.0 Å². The molecule has 5 heteroatoms. The number of hydrogen-bond acceptors (Lipinski definition) is 4. The average Bonchev–Trinajstić information content (AvgIpc) is 3.11. The number of ether oxygens (including phenoxy) is 1. The zero-order valence-electron chi connectivity index (χ0n) is 15.6. The van der Waals surface area contributed by atoms with Crippen molar-refractivity contribution in [1.82, 2.24) is 10.3 Å². The highest BCUT2D eigenvalue weighted by Gasteiger charge is 2.10. The van der Waals surface area contributed by atoms with Crippen LogP contribution in [0.3, 0.4) is 0 Å². The van der Waals surface area contributed by atoms with E-state index in [1.165, 1.54) is 5.56 Å². The molecule has 1 atom stereocenters. The number of amides is 1. The minimum Gasteiger partial charge on any atom is -0.487 e. The van der Waals surface area contributed by atoms with Crippen LogP contribution in [0.5, 0.6) is 5.75 Å². The summed E-state index contributed by atoms with van der Waals surface area (Å²) in [7, 11) is 0. The zero-order valence-corrected chi connectivity index (χ0v) is 16.5. The lowest BCUT2D eigenvalue weighted by Gasteiger charge is -2.14. The first-order chi connectivity index (χ1) is 13.1. The van der Waals surface area contributed by atoms with E-state index in [9.17, 15) is 4.79 Å². The van der Waals surface area contributed by atoms with Gasteiger partial charge in [0.15, 0.2) is 0 Å². The SMILES string of the molecule is Cc1nc(COc2ccc(C(=O)NC(C)CCc3ccccc3)cc2)cs1. The lowest BCUT2D eigenvalue weighted by atomic mass is 10.1. The summed E-state index contributed by atoms with van der Waals surface area (Å²) in [5.41, 5.74) is 2.85. The molecule has 0 bridgehead atoms. The number of rotatable bonds is 8. The Labute approximate surface area is 164 Å². The van der Waals surface area contributed by atoms with Gasteiger partial charge in [-0.05, 0) is 56.5 Å². The number of aryl methyl sites for hydroxylation is 2. The number of carbonyl (C=O) groups is 1. The van der Waals surface area contributed by atoms with Gasteiger partial charge in [0.1, 0.15) is 12.4 Å². The van der Waals surface area contributed by atoms with Gasteiger partial charge in [0, 0.05) is 17.0 Å². The highest BCUT2D eigenvalue weighted by atomic mass is 32.1. The summed E-state index contributed by atoms with van der Waals surface area (Å²) in [4.78, 5) is 16.8.